The Labute approximate surface area is 174 Å². The van der Waals surface area contributed by atoms with Crippen LogP contribution in [-0.4, -0.2) is 31.7 Å². The largest absolute Gasteiger partial charge is 0.497 e. The molecule has 0 aliphatic carbocycles. The Morgan fingerprint density at radius 2 is 1.93 bits per heavy atom. The Balaban J connectivity index is 1.53. The van der Waals surface area contributed by atoms with Crippen LogP contribution in [0.1, 0.15) is 18.4 Å². The minimum atomic E-state index is -0.0862. The van der Waals surface area contributed by atoms with E-state index in [9.17, 15) is 4.79 Å². The minimum absolute atomic E-state index is 0.0862. The average molecular weight is 413 g/mol. The van der Waals surface area contributed by atoms with Crippen LogP contribution >= 0.6 is 11.3 Å². The fourth-order valence-corrected chi connectivity index (χ4v) is 3.51. The highest BCUT2D eigenvalue weighted by Gasteiger charge is 2.13. The smallest absolute Gasteiger partial charge is 0.226 e. The summed E-state index contributed by atoms with van der Waals surface area (Å²) in [5.74, 6) is 2.18. The second-order valence-corrected chi connectivity index (χ2v) is 7.23. The van der Waals surface area contributed by atoms with Gasteiger partial charge in [0.2, 0.25) is 5.91 Å². The molecule has 3 aromatic rings. The van der Waals surface area contributed by atoms with Crippen molar-refractivity contribution < 1.29 is 19.0 Å². The van der Waals surface area contributed by atoms with E-state index in [0.717, 1.165) is 22.6 Å². The molecule has 7 heteroatoms. The zero-order valence-corrected chi connectivity index (χ0v) is 17.5. The van der Waals surface area contributed by atoms with Gasteiger partial charge in [-0.3, -0.25) is 4.79 Å². The third kappa shape index (κ3) is 5.48. The number of rotatable bonds is 9. The average Bonchev–Trinajstić information content (AvgIpc) is 3.20. The Kier molecular flexibility index (Phi) is 7.08. The number of aryl methyl sites for hydroxylation is 1. The second-order valence-electron chi connectivity index (χ2n) is 6.37. The van der Waals surface area contributed by atoms with Crippen molar-refractivity contribution in [2.75, 3.05) is 26.1 Å². The monoisotopic (exact) mass is 412 g/mol. The third-order valence-electron chi connectivity index (χ3n) is 4.33. The Morgan fingerprint density at radius 3 is 2.69 bits per heavy atom. The lowest BCUT2D eigenvalue weighted by Gasteiger charge is -2.09. The first kappa shape index (κ1) is 20.7. The van der Waals surface area contributed by atoms with Crippen LogP contribution in [0.5, 0.6) is 17.2 Å². The number of thiazole rings is 1. The van der Waals surface area contributed by atoms with Crippen molar-refractivity contribution in [1.82, 2.24) is 4.98 Å². The number of anilines is 1. The Morgan fingerprint density at radius 1 is 1.10 bits per heavy atom. The van der Waals surface area contributed by atoms with Gasteiger partial charge in [-0.05, 0) is 43.2 Å². The number of nitrogens with zero attached hydrogens (tertiary/aromatic N) is 1. The summed E-state index contributed by atoms with van der Waals surface area (Å²) in [4.78, 5) is 16.7. The number of para-hydroxylation sites is 1. The molecule has 1 N–H and O–H groups in total. The topological polar surface area (TPSA) is 69.7 Å². The zero-order chi connectivity index (χ0) is 20.6. The van der Waals surface area contributed by atoms with Crippen molar-refractivity contribution in [3.63, 3.8) is 0 Å². The Hall–Kier alpha value is -3.06. The molecule has 0 fully saturated rings. The molecule has 0 unspecified atom stereocenters. The molecule has 1 heterocycles. The molecule has 29 heavy (non-hydrogen) atoms. The molecule has 0 spiro atoms. The number of benzene rings is 2. The quantitative estimate of drug-likeness (QED) is 0.505. The van der Waals surface area contributed by atoms with E-state index < -0.39 is 0 Å². The standard InChI is InChI=1S/C22H24N2O4S/c1-15-7-4-5-8-19(15)28-12-6-9-21(25)24-22-23-18(14-29-22)17-13-16(26-2)10-11-20(17)27-3/h4-5,7-8,10-11,13-14H,6,9,12H2,1-3H3,(H,23,24,25). The first-order valence-corrected chi connectivity index (χ1v) is 10.1. The van der Waals surface area contributed by atoms with Crippen LogP contribution in [0.15, 0.2) is 47.8 Å². The van der Waals surface area contributed by atoms with Crippen LogP contribution in [0.4, 0.5) is 5.13 Å². The predicted octanol–water partition coefficient (Wildman–Crippen LogP) is 4.93. The molecule has 152 valence electrons. The van der Waals surface area contributed by atoms with E-state index in [-0.39, 0.29) is 5.91 Å². The van der Waals surface area contributed by atoms with Gasteiger partial charge in [-0.25, -0.2) is 4.98 Å². The number of aromatic nitrogens is 1. The summed E-state index contributed by atoms with van der Waals surface area (Å²) in [6, 6.07) is 13.4. The maximum absolute atomic E-state index is 12.2. The number of methoxy groups -OCH3 is 2. The van der Waals surface area contributed by atoms with Crippen molar-refractivity contribution >= 4 is 22.4 Å². The molecule has 0 aliphatic rings. The van der Waals surface area contributed by atoms with Crippen molar-refractivity contribution in [3.8, 4) is 28.5 Å². The molecular weight excluding hydrogens is 388 g/mol. The van der Waals surface area contributed by atoms with Gasteiger partial charge in [0.05, 0.1) is 26.5 Å². The number of hydrogen-bond donors (Lipinski definition) is 1. The number of carbonyl (C=O) groups is 1. The fourth-order valence-electron chi connectivity index (χ4n) is 2.78. The van der Waals surface area contributed by atoms with E-state index in [1.54, 1.807) is 14.2 Å². The molecule has 3 rings (SSSR count). The molecule has 2 aromatic carbocycles. The molecule has 0 bridgehead atoms. The summed E-state index contributed by atoms with van der Waals surface area (Å²) in [5, 5.41) is 5.28. The van der Waals surface area contributed by atoms with Crippen molar-refractivity contribution in [2.45, 2.75) is 19.8 Å². The predicted molar refractivity (Wildman–Crippen MR) is 115 cm³/mol. The summed E-state index contributed by atoms with van der Waals surface area (Å²) in [6.07, 6.45) is 0.991. The van der Waals surface area contributed by atoms with Crippen molar-refractivity contribution in [2.24, 2.45) is 0 Å². The lowest BCUT2D eigenvalue weighted by Crippen LogP contribution is -2.12. The van der Waals surface area contributed by atoms with Crippen molar-refractivity contribution in [3.05, 3.63) is 53.4 Å². The molecular formula is C22H24N2O4S. The Bertz CT molecular complexity index is 971. The van der Waals surface area contributed by atoms with Gasteiger partial charge in [0.25, 0.3) is 0 Å². The zero-order valence-electron chi connectivity index (χ0n) is 16.7. The number of nitrogens with one attached hydrogen (secondary N) is 1. The van der Waals surface area contributed by atoms with Gasteiger partial charge < -0.3 is 19.5 Å². The number of ether oxygens (including phenoxy) is 3. The second kappa shape index (κ2) is 9.93. The first-order valence-electron chi connectivity index (χ1n) is 9.27. The lowest BCUT2D eigenvalue weighted by molar-refractivity contribution is -0.116. The van der Waals surface area contributed by atoms with Crippen LogP contribution in [-0.2, 0) is 4.79 Å². The van der Waals surface area contributed by atoms with Crippen LogP contribution in [0.3, 0.4) is 0 Å². The molecule has 1 aromatic heterocycles. The summed E-state index contributed by atoms with van der Waals surface area (Å²) in [5.41, 5.74) is 2.62. The van der Waals surface area contributed by atoms with Gasteiger partial charge in [0, 0.05) is 17.4 Å². The number of amides is 1. The third-order valence-corrected chi connectivity index (χ3v) is 5.09. The molecule has 0 atom stereocenters. The van der Waals surface area contributed by atoms with E-state index in [4.69, 9.17) is 14.2 Å². The molecule has 0 aliphatic heterocycles. The van der Waals surface area contributed by atoms with Crippen LogP contribution in [0, 0.1) is 6.92 Å². The van der Waals surface area contributed by atoms with E-state index in [2.05, 4.69) is 10.3 Å². The molecule has 0 radical (unpaired) electrons. The summed E-state index contributed by atoms with van der Waals surface area (Å²) in [7, 11) is 3.22. The van der Waals surface area contributed by atoms with E-state index in [0.29, 0.717) is 36.1 Å². The summed E-state index contributed by atoms with van der Waals surface area (Å²) >= 11 is 1.37. The molecule has 6 nitrogen and oxygen atoms in total. The maximum atomic E-state index is 12.2. The van der Waals surface area contributed by atoms with Gasteiger partial charge in [0.15, 0.2) is 5.13 Å². The normalized spacial score (nSPS) is 10.4. The van der Waals surface area contributed by atoms with Gasteiger partial charge in [-0.15, -0.1) is 11.3 Å². The summed E-state index contributed by atoms with van der Waals surface area (Å²) < 4.78 is 16.4. The van der Waals surface area contributed by atoms with Gasteiger partial charge >= 0.3 is 0 Å². The van der Waals surface area contributed by atoms with E-state index in [1.165, 1.54) is 11.3 Å². The lowest BCUT2D eigenvalue weighted by atomic mass is 10.1. The van der Waals surface area contributed by atoms with Gasteiger partial charge in [-0.2, -0.15) is 0 Å². The van der Waals surface area contributed by atoms with Crippen molar-refractivity contribution in [1.29, 1.82) is 0 Å². The van der Waals surface area contributed by atoms with Gasteiger partial charge in [-0.1, -0.05) is 18.2 Å². The molecule has 0 saturated carbocycles. The SMILES string of the molecule is COc1ccc(OC)c(-c2csc(NC(=O)CCCOc3ccccc3C)n2)c1. The highest BCUT2D eigenvalue weighted by molar-refractivity contribution is 7.14. The van der Waals surface area contributed by atoms with Gasteiger partial charge in [0.1, 0.15) is 17.2 Å². The number of hydrogen-bond acceptors (Lipinski definition) is 6. The van der Waals surface area contributed by atoms with Crippen LogP contribution in [0.2, 0.25) is 0 Å². The highest BCUT2D eigenvalue weighted by Crippen LogP contribution is 2.35. The number of carbonyl (C=O) groups excluding carboxylic acids is 1. The first-order chi connectivity index (χ1) is 14.1. The van der Waals surface area contributed by atoms with Crippen LogP contribution < -0.4 is 19.5 Å². The molecule has 0 saturated heterocycles. The molecule has 1 amide bonds. The minimum Gasteiger partial charge on any atom is -0.497 e. The van der Waals surface area contributed by atoms with E-state index in [1.807, 2.05) is 54.8 Å². The highest BCUT2D eigenvalue weighted by atomic mass is 32.1. The summed E-state index contributed by atoms with van der Waals surface area (Å²) in [6.45, 7) is 2.49. The fraction of sp³-hybridized carbons (Fsp3) is 0.273. The van der Waals surface area contributed by atoms with Crippen LogP contribution in [0.25, 0.3) is 11.3 Å². The van der Waals surface area contributed by atoms with E-state index >= 15 is 0 Å². The maximum Gasteiger partial charge on any atom is 0.226 e.